The normalized spacial score (nSPS) is 19.6. The number of rotatable bonds is 32. The molecule has 32 heteroatoms. The van der Waals surface area contributed by atoms with Crippen LogP contribution in [0.15, 0.2) is 172 Å². The molecule has 0 spiro atoms. The SMILES string of the molecule is Cc1ncoc1-c1ccc(CCC(=O)C2CC(O)CN2C(=O)C(c2cc(C(C)(C)C)no2)C(C)C)cc1.Cc1ncsc1-c1ccc(C(C)CC(=O)C2CC(O)CN2C(=O)C(c2cc(C(C)(C)C)no2)C(C)C)cc1.Cc1ncsc1-c1ccc(CCC(=O)C2CC(O)CN2C(=O)C(c2cc(C(C)(C)C)no2)C2CCC2)cc1.Cc1nocc1-c1ccc(CCC(=O)C2CC(O)CN2C(=O)C(c2cc(C(C)(C)C)no2)C(C)C)cc1. The second-order valence-corrected chi connectivity index (χ2v) is 48.4. The number of likely N-dealkylation sites (tertiary alicyclic amines) is 4. The van der Waals surface area contributed by atoms with Gasteiger partial charge in [0.05, 0.1) is 115 Å². The Balaban J connectivity index is 0.000000157. The number of carbonyl (C=O) groups excluding carboxylic acids is 8. The third-order valence-electron chi connectivity index (χ3n) is 29.7. The zero-order valence-corrected chi connectivity index (χ0v) is 92.7. The topological polar surface area (TPSA) is 412 Å². The molecule has 13 unspecified atom stereocenters. The fraction of sp³-hybridized carbons (Fsp3) is 0.525. The van der Waals surface area contributed by atoms with Crippen molar-refractivity contribution in [3.63, 3.8) is 0 Å². The van der Waals surface area contributed by atoms with Crippen LogP contribution in [0, 0.1) is 51.4 Å². The van der Waals surface area contributed by atoms with Crippen LogP contribution in [0.2, 0.25) is 0 Å². The number of β-amino-alcohol motifs (C(OH)–C–C–N with tert-alkyl or cyclic N) is 4. The van der Waals surface area contributed by atoms with Crippen molar-refractivity contribution < 1.29 is 85.8 Å². The van der Waals surface area contributed by atoms with Crippen LogP contribution in [0.25, 0.3) is 43.3 Å². The number of hydrogen-bond acceptors (Lipinski definition) is 28. The van der Waals surface area contributed by atoms with Crippen molar-refractivity contribution in [2.24, 2.45) is 23.7 Å². The number of benzene rings is 4. The largest absolute Gasteiger partial charge is 0.443 e. The average molecular weight is 2090 g/mol. The van der Waals surface area contributed by atoms with Crippen molar-refractivity contribution in [2.75, 3.05) is 26.2 Å². The summed E-state index contributed by atoms with van der Waals surface area (Å²) in [6.45, 7) is 46.7. The number of amides is 4. The monoisotopic (exact) mass is 2090 g/mol. The predicted molar refractivity (Wildman–Crippen MR) is 574 cm³/mol. The van der Waals surface area contributed by atoms with Gasteiger partial charge in [-0.15, -0.1) is 22.7 Å². The number of Topliss-reactive ketones (excluding diaryl/α,β-unsaturated/α-hetero) is 4. The molecule has 4 N–H and O–H groups in total. The second-order valence-electron chi connectivity index (χ2n) is 46.7. The molecular weight excluding hydrogens is 1940 g/mol. The molecule has 30 nitrogen and oxygen atoms in total. The molecule has 13 atom stereocenters. The van der Waals surface area contributed by atoms with Crippen LogP contribution in [0.3, 0.4) is 0 Å². The van der Waals surface area contributed by atoms with E-state index in [1.54, 1.807) is 48.5 Å². The lowest BCUT2D eigenvalue weighted by Gasteiger charge is -2.35. The molecule has 12 heterocycles. The summed E-state index contributed by atoms with van der Waals surface area (Å²) in [6.07, 6.45) is 7.11. The summed E-state index contributed by atoms with van der Waals surface area (Å²) in [6, 6.07) is 37.2. The Morgan fingerprint density at radius 1 is 0.387 bits per heavy atom. The number of ketones is 4. The van der Waals surface area contributed by atoms with E-state index in [1.165, 1.54) is 6.39 Å². The summed E-state index contributed by atoms with van der Waals surface area (Å²) in [5, 5.41) is 62.5. The van der Waals surface area contributed by atoms with E-state index in [-0.39, 0.29) is 163 Å². The lowest BCUT2D eigenvalue weighted by molar-refractivity contribution is -0.141. The van der Waals surface area contributed by atoms with Crippen LogP contribution in [0.5, 0.6) is 0 Å². The Labute approximate surface area is 888 Å². The number of thiazole rings is 2. The van der Waals surface area contributed by atoms with Gasteiger partial charge in [-0.3, -0.25) is 38.4 Å². The van der Waals surface area contributed by atoms with Crippen molar-refractivity contribution in [3.8, 4) is 43.3 Å². The summed E-state index contributed by atoms with van der Waals surface area (Å²) in [7, 11) is 0. The maximum Gasteiger partial charge on any atom is 0.234 e. The highest BCUT2D eigenvalue weighted by Crippen LogP contribution is 2.46. The fourth-order valence-electron chi connectivity index (χ4n) is 20.5. The van der Waals surface area contributed by atoms with Gasteiger partial charge in [-0.2, -0.15) is 0 Å². The van der Waals surface area contributed by atoms with Gasteiger partial charge in [0.25, 0.3) is 0 Å². The Hall–Kier alpha value is -12.2. The van der Waals surface area contributed by atoms with Gasteiger partial charge in [0.15, 0.2) is 35.3 Å². The molecule has 0 bridgehead atoms. The Bertz CT molecular complexity index is 6410. The Morgan fingerprint density at radius 2 is 0.713 bits per heavy atom. The number of hydrogen-bond donors (Lipinski definition) is 4. The lowest BCUT2D eigenvalue weighted by Crippen LogP contribution is -2.45. The van der Waals surface area contributed by atoms with Gasteiger partial charge in [-0.25, -0.2) is 15.0 Å². The highest BCUT2D eigenvalue weighted by molar-refractivity contribution is 7.13. The lowest BCUT2D eigenvalue weighted by atomic mass is 9.74. The Kier molecular flexibility index (Phi) is 36.4. The van der Waals surface area contributed by atoms with Gasteiger partial charge in [-0.1, -0.05) is 261 Å². The van der Waals surface area contributed by atoms with Crippen molar-refractivity contribution in [2.45, 2.75) is 349 Å². The maximum atomic E-state index is 13.9. The fourth-order valence-corrected chi connectivity index (χ4v) is 22.1. The Morgan fingerprint density at radius 3 is 1.01 bits per heavy atom. The van der Waals surface area contributed by atoms with Crippen LogP contribution < -0.4 is 0 Å². The molecule has 12 aromatic rings. The molecule has 5 aliphatic rings. The molecule has 4 aromatic carbocycles. The number of aromatic nitrogens is 8. The van der Waals surface area contributed by atoms with Crippen LogP contribution in [-0.4, -0.2) is 202 Å². The zero-order valence-electron chi connectivity index (χ0n) is 91.1. The first-order valence-corrected chi connectivity index (χ1v) is 54.6. The molecule has 4 amide bonds. The standard InChI is InChI=1S/C30H37N3O4S.C30H39N3O4S.2C29H37N3O5/c1-18-28(38-17-31-18)21-11-8-19(9-12-21)10-13-24(35)23-14-22(34)16-33(23)29(36)27(20-6-5-7-20)25-15-26(32-37-25)30(2,3)4;1-17(2)27(25-14-26(32-37-25)30(5,6)7)29(36)33-15-22(34)13-23(33)24(35)12-18(3)20-8-10-21(11-9-20)28-19(4)31-16-38-28;1-17(2)27(25-14-26(31-37-25)29(4,5)6)28(35)32-15-21(33)13-23(32)24(34)12-9-19-7-10-20(11-8-19)22-16-36-30-18(22)3;1-17(2)26(24-14-25(31-37-24)29(4,5)6)28(35)32-15-21(33)13-22(32)23(34)12-9-19-7-10-20(11-8-19)27-18(3)30-16-36-27/h8-9,11-12,15,17,20,22-23,27,34H,5-7,10,13-14,16H2,1-4H3;8-11,14,16-18,22-23,27,34H,12-13,15H2,1-7H3;7-8,10-11,14,16-17,21,23,27,33H,9,12-13,15H2,1-6H3;7-8,10-11,14,16-17,21-22,26,33H,9,12-13,15H2,1-6H3. The predicted octanol–water partition coefficient (Wildman–Crippen LogP) is 21.0. The molecule has 5 fully saturated rings. The van der Waals surface area contributed by atoms with Gasteiger partial charge < -0.3 is 67.1 Å². The van der Waals surface area contributed by atoms with E-state index in [9.17, 15) is 58.8 Å². The van der Waals surface area contributed by atoms with Gasteiger partial charge in [0, 0.05) is 135 Å². The number of aryl methyl sites for hydroxylation is 7. The number of aliphatic hydroxyl groups excluding tert-OH is 4. The molecular formula is C118H150N12O18S2. The molecule has 1 aliphatic carbocycles. The summed E-state index contributed by atoms with van der Waals surface area (Å²) >= 11 is 3.24. The van der Waals surface area contributed by atoms with Crippen LogP contribution >= 0.6 is 22.7 Å². The number of carbonyl (C=O) groups is 8. The zero-order chi connectivity index (χ0) is 109. The van der Waals surface area contributed by atoms with Crippen molar-refractivity contribution in [1.29, 1.82) is 0 Å². The van der Waals surface area contributed by atoms with E-state index in [2.05, 4.69) is 110 Å². The molecule has 802 valence electrons. The minimum Gasteiger partial charge on any atom is -0.443 e. The highest BCUT2D eigenvalue weighted by Gasteiger charge is 2.50. The molecule has 1 saturated carbocycles. The van der Waals surface area contributed by atoms with Gasteiger partial charge in [-0.05, 0) is 128 Å². The maximum absolute atomic E-state index is 13.9. The molecule has 0 radical (unpaired) electrons. The van der Waals surface area contributed by atoms with E-state index in [0.29, 0.717) is 55.1 Å². The van der Waals surface area contributed by atoms with E-state index < -0.39 is 72.3 Å². The quantitative estimate of drug-likeness (QED) is 0.0304. The number of aliphatic hydroxyl groups is 4. The summed E-state index contributed by atoms with van der Waals surface area (Å²) in [5.74, 6) is -0.206. The van der Waals surface area contributed by atoms with Crippen molar-refractivity contribution >= 4 is 69.4 Å². The summed E-state index contributed by atoms with van der Waals surface area (Å²) in [4.78, 5) is 130. The average Bonchev–Trinajstić information content (AvgIpc) is 1.38. The molecule has 4 saturated heterocycles. The third kappa shape index (κ3) is 27.3. The molecule has 8 aromatic heterocycles. The summed E-state index contributed by atoms with van der Waals surface area (Å²) < 4.78 is 33.0. The number of oxazole rings is 1. The smallest absolute Gasteiger partial charge is 0.234 e. The summed E-state index contributed by atoms with van der Waals surface area (Å²) in [5.41, 5.74) is 19.0. The second kappa shape index (κ2) is 48.2. The van der Waals surface area contributed by atoms with Crippen LogP contribution in [-0.2, 0) is 79.3 Å². The molecule has 4 aliphatic heterocycles. The van der Waals surface area contributed by atoms with E-state index in [1.807, 2.05) is 222 Å². The van der Waals surface area contributed by atoms with E-state index in [4.69, 9.17) is 27.0 Å². The van der Waals surface area contributed by atoms with Crippen molar-refractivity contribution in [1.82, 2.24) is 60.3 Å². The highest BCUT2D eigenvalue weighted by atomic mass is 32.1. The van der Waals surface area contributed by atoms with Crippen LogP contribution in [0.1, 0.15) is 323 Å². The van der Waals surface area contributed by atoms with Crippen molar-refractivity contribution in [3.05, 3.63) is 236 Å². The minimum atomic E-state index is -0.727. The molecule has 17 rings (SSSR count). The van der Waals surface area contributed by atoms with Gasteiger partial charge in [0.2, 0.25) is 23.6 Å². The molecule has 150 heavy (non-hydrogen) atoms. The van der Waals surface area contributed by atoms with Gasteiger partial charge >= 0.3 is 0 Å². The minimum absolute atomic E-state index is 0.00223. The first-order valence-electron chi connectivity index (χ1n) is 52.8. The van der Waals surface area contributed by atoms with Gasteiger partial charge in [0.1, 0.15) is 53.0 Å². The van der Waals surface area contributed by atoms with E-state index >= 15 is 0 Å². The first-order chi connectivity index (χ1) is 70.9. The van der Waals surface area contributed by atoms with Crippen LogP contribution in [0.4, 0.5) is 0 Å². The van der Waals surface area contributed by atoms with E-state index in [0.717, 1.165) is 130 Å². The third-order valence-corrected chi connectivity index (χ3v) is 31.7. The number of nitrogens with zero attached hydrogens (tertiary/aromatic N) is 12. The first kappa shape index (κ1) is 113.